The summed E-state index contributed by atoms with van der Waals surface area (Å²) in [6.45, 7) is 26.3. The minimum absolute atomic E-state index is 0.0767. The SMILES string of the molecule is CC(C)(C)c1ccccc1-c1ccc2c(c1)N(c1ccc(-c3ccc4c(c3)C(C)(C)CCC4(C)C)cc1)c1cc(-c3ccccc3)cc3c1B2c1ccc(-n2c4ccccc4c4cc(-c5ccccc5)ccc42)cc1N3c1ccc(-c2ccc3c(c2)C(C)(C)CCC3(C)C)cc1. The van der Waals surface area contributed by atoms with E-state index in [0.29, 0.717) is 0 Å². The van der Waals surface area contributed by atoms with Gasteiger partial charge in [0.25, 0.3) is 6.71 Å². The topological polar surface area (TPSA) is 11.4 Å². The van der Waals surface area contributed by atoms with Crippen LogP contribution in [0.25, 0.3) is 83.1 Å². The molecule has 3 nitrogen and oxygen atoms in total. The van der Waals surface area contributed by atoms with Crippen LogP contribution in [-0.2, 0) is 27.1 Å². The molecule has 96 heavy (non-hydrogen) atoms. The van der Waals surface area contributed by atoms with Gasteiger partial charge in [0.05, 0.1) is 11.0 Å². The summed E-state index contributed by atoms with van der Waals surface area (Å²) in [7, 11) is 0. The van der Waals surface area contributed by atoms with Gasteiger partial charge >= 0.3 is 0 Å². The van der Waals surface area contributed by atoms with Crippen molar-refractivity contribution in [3.63, 3.8) is 0 Å². The third-order valence-electron chi connectivity index (χ3n) is 22.9. The van der Waals surface area contributed by atoms with E-state index in [1.807, 2.05) is 0 Å². The predicted octanol–water partition coefficient (Wildman–Crippen LogP) is 23.2. The number of fused-ring (bicyclic) bond motifs is 9. The lowest BCUT2D eigenvalue weighted by Gasteiger charge is -2.45. The van der Waals surface area contributed by atoms with Crippen LogP contribution >= 0.6 is 0 Å². The molecule has 0 radical (unpaired) electrons. The highest BCUT2D eigenvalue weighted by Gasteiger charge is 2.45. The average molecular weight is 1240 g/mol. The Hall–Kier alpha value is -9.90. The molecule has 0 unspecified atom stereocenters. The van der Waals surface area contributed by atoms with E-state index in [2.05, 4.69) is 351 Å². The summed E-state index contributed by atoms with van der Waals surface area (Å²) in [6.07, 6.45) is 4.74. The second-order valence-electron chi connectivity index (χ2n) is 31.8. The Bertz CT molecular complexity index is 5270. The third kappa shape index (κ3) is 9.67. The standard InChI is InChI=1S/C92H84BN3/c1-88(2,3)74-28-20-18-26-71(74)66-36-45-79-83(55-66)94(68-38-30-61(31-39-68)64-34-43-75-77(53-64)91(8,9)50-48-89(75,4)5)85-56-67(60-24-16-13-17-25-60)57-86-87(85)93(79)80-46-42-70(96-81-29-21-19-27-72(81)73-52-63(37-47-82(73)96)59-22-14-12-15-23-59)58-84(80)95(86)69-40-32-62(33-41-69)65-35-44-76-78(54-65)92(10,11)51-49-90(76,6)7/h12-47,52-58H,48-51H2,1-11H3. The first kappa shape index (κ1) is 59.8. The van der Waals surface area contributed by atoms with Crippen LogP contribution in [0.1, 0.15) is 130 Å². The fourth-order valence-corrected chi connectivity index (χ4v) is 17.2. The zero-order valence-corrected chi connectivity index (χ0v) is 57.6. The number of hydrogen-bond donors (Lipinski definition) is 0. The van der Waals surface area contributed by atoms with Gasteiger partial charge in [-0.05, 0) is 225 Å². The second-order valence-corrected chi connectivity index (χ2v) is 31.8. The van der Waals surface area contributed by atoms with Crippen molar-refractivity contribution in [1.29, 1.82) is 0 Å². The van der Waals surface area contributed by atoms with Gasteiger partial charge in [0.1, 0.15) is 0 Å². The monoisotopic (exact) mass is 1240 g/mol. The minimum atomic E-state index is -0.116. The van der Waals surface area contributed by atoms with Crippen molar-refractivity contribution in [2.45, 2.75) is 129 Å². The summed E-state index contributed by atoms with van der Waals surface area (Å²) in [5.41, 5.74) is 34.2. The summed E-state index contributed by atoms with van der Waals surface area (Å²) < 4.78 is 2.51. The molecule has 0 bridgehead atoms. The van der Waals surface area contributed by atoms with Crippen LogP contribution in [0.4, 0.5) is 34.1 Å². The van der Waals surface area contributed by atoms with Crippen LogP contribution in [0.3, 0.4) is 0 Å². The maximum absolute atomic E-state index is 2.61. The Morgan fingerprint density at radius 2 is 0.708 bits per heavy atom. The molecule has 0 fully saturated rings. The maximum atomic E-state index is 2.61. The molecule has 2 aliphatic carbocycles. The molecular weight excluding hydrogens is 1160 g/mol. The summed E-state index contributed by atoms with van der Waals surface area (Å²) in [5, 5.41) is 2.48. The van der Waals surface area contributed by atoms with E-state index in [-0.39, 0.29) is 33.8 Å². The highest BCUT2D eigenvalue weighted by Crippen LogP contribution is 2.52. The van der Waals surface area contributed by atoms with Gasteiger partial charge < -0.3 is 14.4 Å². The van der Waals surface area contributed by atoms with Crippen LogP contribution in [0.2, 0.25) is 0 Å². The molecule has 2 aliphatic heterocycles. The van der Waals surface area contributed by atoms with Gasteiger partial charge in [0.2, 0.25) is 0 Å². The van der Waals surface area contributed by atoms with Crippen LogP contribution in [-0.4, -0.2) is 11.3 Å². The van der Waals surface area contributed by atoms with Gasteiger partial charge in [0, 0.05) is 50.6 Å². The quantitative estimate of drug-likeness (QED) is 0.141. The highest BCUT2D eigenvalue weighted by molar-refractivity contribution is 7.00. The van der Waals surface area contributed by atoms with E-state index in [9.17, 15) is 0 Å². The molecule has 0 atom stereocenters. The minimum Gasteiger partial charge on any atom is -0.311 e. The zero-order valence-electron chi connectivity index (χ0n) is 57.6. The first-order valence-electron chi connectivity index (χ1n) is 35.0. The van der Waals surface area contributed by atoms with Crippen LogP contribution in [0, 0.1) is 0 Å². The molecule has 4 aliphatic rings. The summed E-state index contributed by atoms with van der Waals surface area (Å²) in [5.74, 6) is 0. The number of para-hydroxylation sites is 1. The van der Waals surface area contributed by atoms with Crippen molar-refractivity contribution in [3.05, 3.63) is 289 Å². The Labute approximate surface area is 568 Å². The average Bonchev–Trinajstić information content (AvgIpc) is 0.729. The Morgan fingerprint density at radius 3 is 1.27 bits per heavy atom. The first-order chi connectivity index (χ1) is 46.2. The largest absolute Gasteiger partial charge is 0.311 e. The zero-order chi connectivity index (χ0) is 65.8. The lowest BCUT2D eigenvalue weighted by Crippen LogP contribution is -2.61. The van der Waals surface area contributed by atoms with Gasteiger partial charge in [0.15, 0.2) is 0 Å². The number of nitrogens with zero attached hydrogens (tertiary/aromatic N) is 3. The van der Waals surface area contributed by atoms with Crippen LogP contribution in [0.5, 0.6) is 0 Å². The molecule has 0 saturated carbocycles. The predicted molar refractivity (Wildman–Crippen MR) is 411 cm³/mol. The van der Waals surface area contributed by atoms with Crippen molar-refractivity contribution >= 4 is 79.0 Å². The number of benzene rings is 12. The van der Waals surface area contributed by atoms with E-state index in [0.717, 1.165) is 17.1 Å². The van der Waals surface area contributed by atoms with Crippen molar-refractivity contribution in [2.24, 2.45) is 0 Å². The Morgan fingerprint density at radius 1 is 0.302 bits per heavy atom. The van der Waals surface area contributed by atoms with E-state index >= 15 is 0 Å². The number of aromatic nitrogens is 1. The third-order valence-corrected chi connectivity index (χ3v) is 22.9. The van der Waals surface area contributed by atoms with Gasteiger partial charge in [-0.2, -0.15) is 0 Å². The van der Waals surface area contributed by atoms with Gasteiger partial charge in [-0.15, -0.1) is 0 Å². The number of anilines is 6. The molecule has 17 rings (SSSR count). The number of rotatable bonds is 8. The molecule has 0 N–H and O–H groups in total. The van der Waals surface area contributed by atoms with E-state index in [1.165, 1.54) is 170 Å². The summed E-state index contributed by atoms with van der Waals surface area (Å²) in [4.78, 5) is 5.23. The van der Waals surface area contributed by atoms with Crippen LogP contribution in [0.15, 0.2) is 261 Å². The first-order valence-corrected chi connectivity index (χ1v) is 35.0. The highest BCUT2D eigenvalue weighted by atomic mass is 15.2. The van der Waals surface area contributed by atoms with Gasteiger partial charge in [-0.3, -0.25) is 0 Å². The Balaban J connectivity index is 0.910. The van der Waals surface area contributed by atoms with E-state index in [1.54, 1.807) is 0 Å². The molecule has 3 heterocycles. The van der Waals surface area contributed by atoms with Crippen molar-refractivity contribution in [3.8, 4) is 61.3 Å². The molecule has 0 saturated heterocycles. The van der Waals surface area contributed by atoms with Gasteiger partial charge in [-0.25, -0.2) is 0 Å². The second kappa shape index (κ2) is 21.8. The molecule has 13 aromatic rings. The molecule has 470 valence electrons. The number of hydrogen-bond acceptors (Lipinski definition) is 2. The van der Waals surface area contributed by atoms with Gasteiger partial charge in [-0.1, -0.05) is 264 Å². The Kier molecular flexibility index (Phi) is 13.6. The lowest BCUT2D eigenvalue weighted by atomic mass is 9.33. The molecule has 0 spiro atoms. The molecule has 0 amide bonds. The normalized spacial score (nSPS) is 16.2. The summed E-state index contributed by atoms with van der Waals surface area (Å²) >= 11 is 0. The summed E-state index contributed by atoms with van der Waals surface area (Å²) in [6, 6.07) is 100. The van der Waals surface area contributed by atoms with Crippen molar-refractivity contribution in [2.75, 3.05) is 9.80 Å². The van der Waals surface area contributed by atoms with E-state index < -0.39 is 0 Å². The van der Waals surface area contributed by atoms with Crippen molar-refractivity contribution < 1.29 is 0 Å². The maximum Gasteiger partial charge on any atom is 0.252 e. The fraction of sp³-hybridized carbons (Fsp3) is 0.217. The fourth-order valence-electron chi connectivity index (χ4n) is 17.2. The van der Waals surface area contributed by atoms with E-state index in [4.69, 9.17) is 0 Å². The molecular formula is C92H84BN3. The lowest BCUT2D eigenvalue weighted by molar-refractivity contribution is 0.332. The molecule has 12 aromatic carbocycles. The smallest absolute Gasteiger partial charge is 0.252 e. The van der Waals surface area contributed by atoms with Crippen LogP contribution < -0.4 is 26.2 Å². The molecule has 4 heteroatoms. The molecule has 1 aromatic heterocycles. The van der Waals surface area contributed by atoms with Crippen molar-refractivity contribution in [1.82, 2.24) is 4.57 Å².